The molecule has 0 bridgehead atoms. The summed E-state index contributed by atoms with van der Waals surface area (Å²) < 4.78 is 5.77. The van der Waals surface area contributed by atoms with Gasteiger partial charge in [0.1, 0.15) is 11.2 Å². The largest absolute Gasteiger partial charge is 0.440 e. The summed E-state index contributed by atoms with van der Waals surface area (Å²) in [5.41, 5.74) is 3.95. The minimum Gasteiger partial charge on any atom is -0.440 e. The SMILES string of the molecule is CC1CCN(c2ccc(C(=O)Nc3ccc(Cc4nc5ccccc5o4)cc3)cc2[N+](=O)[O-])CC1. The number of nitrogens with one attached hydrogen (secondary N) is 1. The van der Waals surface area contributed by atoms with Crippen LogP contribution in [0.5, 0.6) is 0 Å². The second-order valence-corrected chi connectivity index (χ2v) is 9.03. The molecule has 8 heteroatoms. The van der Waals surface area contributed by atoms with E-state index in [1.54, 1.807) is 24.3 Å². The lowest BCUT2D eigenvalue weighted by molar-refractivity contribution is -0.384. The highest BCUT2D eigenvalue weighted by molar-refractivity contribution is 6.05. The molecule has 8 nitrogen and oxygen atoms in total. The molecule has 1 fully saturated rings. The Labute approximate surface area is 202 Å². The van der Waals surface area contributed by atoms with Crippen molar-refractivity contribution in [2.24, 2.45) is 5.92 Å². The maximum Gasteiger partial charge on any atom is 0.293 e. The molecule has 1 aliphatic rings. The molecule has 3 aromatic carbocycles. The number of carbonyl (C=O) groups excluding carboxylic acids is 1. The third-order valence-corrected chi connectivity index (χ3v) is 6.46. The first-order chi connectivity index (χ1) is 17.0. The second-order valence-electron chi connectivity index (χ2n) is 9.03. The minimum absolute atomic E-state index is 0.0408. The Hall–Kier alpha value is -4.20. The molecule has 0 atom stereocenters. The van der Waals surface area contributed by atoms with Crippen LogP contribution >= 0.6 is 0 Å². The van der Waals surface area contributed by atoms with Gasteiger partial charge in [-0.1, -0.05) is 31.2 Å². The number of hydrogen-bond donors (Lipinski definition) is 1. The Bertz CT molecular complexity index is 1340. The molecule has 1 N–H and O–H groups in total. The molecule has 1 aromatic heterocycles. The standard InChI is InChI=1S/C27H26N4O4/c1-18-12-14-30(15-13-18)23-11-8-20(17-24(23)31(33)34)27(32)28-21-9-6-19(7-10-21)16-26-29-22-4-2-3-5-25(22)35-26/h2-11,17-18H,12-16H2,1H3,(H,28,32). The number of benzene rings is 3. The van der Waals surface area contributed by atoms with Crippen LogP contribution in [-0.2, 0) is 6.42 Å². The molecule has 1 amide bonds. The first-order valence-electron chi connectivity index (χ1n) is 11.7. The summed E-state index contributed by atoms with van der Waals surface area (Å²) in [6.45, 7) is 3.76. The van der Waals surface area contributed by atoms with E-state index in [4.69, 9.17) is 4.42 Å². The molecular formula is C27H26N4O4. The van der Waals surface area contributed by atoms with Gasteiger partial charge in [0, 0.05) is 36.8 Å². The molecular weight excluding hydrogens is 444 g/mol. The van der Waals surface area contributed by atoms with Crippen LogP contribution in [0.25, 0.3) is 11.1 Å². The molecule has 35 heavy (non-hydrogen) atoms. The number of hydrogen-bond acceptors (Lipinski definition) is 6. The Morgan fingerprint density at radius 2 is 1.86 bits per heavy atom. The molecule has 4 aromatic rings. The van der Waals surface area contributed by atoms with Gasteiger partial charge in [-0.2, -0.15) is 0 Å². The number of carbonyl (C=O) groups is 1. The number of fused-ring (bicyclic) bond motifs is 1. The number of nitrogens with zero attached hydrogens (tertiary/aromatic N) is 3. The van der Waals surface area contributed by atoms with Crippen molar-refractivity contribution >= 4 is 34.1 Å². The van der Waals surface area contributed by atoms with Crippen LogP contribution in [0.1, 0.15) is 41.6 Å². The van der Waals surface area contributed by atoms with Crippen LogP contribution in [0, 0.1) is 16.0 Å². The highest BCUT2D eigenvalue weighted by Gasteiger charge is 2.24. The van der Waals surface area contributed by atoms with Crippen molar-refractivity contribution in [3.05, 3.63) is 93.9 Å². The quantitative estimate of drug-likeness (QED) is 0.282. The summed E-state index contributed by atoms with van der Waals surface area (Å²) in [5.74, 6) is 0.855. The highest BCUT2D eigenvalue weighted by Crippen LogP contribution is 2.32. The number of oxazole rings is 1. The van der Waals surface area contributed by atoms with Gasteiger partial charge in [-0.3, -0.25) is 14.9 Å². The third kappa shape index (κ3) is 5.01. The molecule has 178 valence electrons. The maximum absolute atomic E-state index is 12.8. The van der Waals surface area contributed by atoms with E-state index in [1.807, 2.05) is 41.3 Å². The van der Waals surface area contributed by atoms with Crippen molar-refractivity contribution in [1.29, 1.82) is 0 Å². The van der Waals surface area contributed by atoms with Gasteiger partial charge in [-0.05, 0) is 60.7 Å². The summed E-state index contributed by atoms with van der Waals surface area (Å²) >= 11 is 0. The third-order valence-electron chi connectivity index (χ3n) is 6.46. The zero-order valence-electron chi connectivity index (χ0n) is 19.4. The molecule has 5 rings (SSSR count). The number of piperidine rings is 1. The van der Waals surface area contributed by atoms with E-state index in [-0.39, 0.29) is 11.3 Å². The van der Waals surface area contributed by atoms with E-state index in [9.17, 15) is 14.9 Å². The van der Waals surface area contributed by atoms with Crippen LogP contribution in [0.3, 0.4) is 0 Å². The number of aromatic nitrogens is 1. The van der Waals surface area contributed by atoms with Gasteiger partial charge in [-0.15, -0.1) is 0 Å². The van der Waals surface area contributed by atoms with Crippen molar-refractivity contribution in [3.8, 4) is 0 Å². The molecule has 1 saturated heterocycles. The average Bonchev–Trinajstić information content (AvgIpc) is 3.27. The smallest absolute Gasteiger partial charge is 0.293 e. The average molecular weight is 471 g/mol. The lowest BCUT2D eigenvalue weighted by atomic mass is 9.98. The highest BCUT2D eigenvalue weighted by atomic mass is 16.6. The zero-order chi connectivity index (χ0) is 24.4. The Morgan fingerprint density at radius 3 is 2.57 bits per heavy atom. The normalized spacial score (nSPS) is 14.3. The Kier molecular flexibility index (Phi) is 6.18. The summed E-state index contributed by atoms with van der Waals surface area (Å²) in [4.78, 5) is 30.7. The van der Waals surface area contributed by atoms with Gasteiger partial charge in [0.25, 0.3) is 11.6 Å². The summed E-state index contributed by atoms with van der Waals surface area (Å²) in [6, 6.07) is 19.7. The molecule has 0 radical (unpaired) electrons. The van der Waals surface area contributed by atoms with Crippen LogP contribution < -0.4 is 10.2 Å². The topological polar surface area (TPSA) is 102 Å². The summed E-state index contributed by atoms with van der Waals surface area (Å²) in [5, 5.41) is 14.6. The monoisotopic (exact) mass is 470 g/mol. The van der Waals surface area contributed by atoms with Crippen LogP contribution in [0.2, 0.25) is 0 Å². The van der Waals surface area contributed by atoms with Gasteiger partial charge in [0.05, 0.1) is 4.92 Å². The summed E-state index contributed by atoms with van der Waals surface area (Å²) in [7, 11) is 0. The Morgan fingerprint density at radius 1 is 1.11 bits per heavy atom. The van der Waals surface area contributed by atoms with Crippen molar-refractivity contribution in [3.63, 3.8) is 0 Å². The number of anilines is 2. The maximum atomic E-state index is 12.8. The van der Waals surface area contributed by atoms with Gasteiger partial charge >= 0.3 is 0 Å². The van der Waals surface area contributed by atoms with E-state index in [2.05, 4.69) is 17.2 Å². The number of para-hydroxylation sites is 2. The predicted octanol–water partition coefficient (Wildman–Crippen LogP) is 5.82. The molecule has 0 saturated carbocycles. The Balaban J connectivity index is 1.27. The van der Waals surface area contributed by atoms with Crippen molar-refractivity contribution in [1.82, 2.24) is 4.98 Å². The molecule has 0 aliphatic carbocycles. The van der Waals surface area contributed by atoms with E-state index >= 15 is 0 Å². The van der Waals surface area contributed by atoms with Gasteiger partial charge < -0.3 is 14.6 Å². The molecule has 1 aliphatic heterocycles. The summed E-state index contributed by atoms with van der Waals surface area (Å²) in [6.07, 6.45) is 2.54. The fourth-order valence-corrected chi connectivity index (χ4v) is 4.41. The zero-order valence-corrected chi connectivity index (χ0v) is 19.4. The van der Waals surface area contributed by atoms with E-state index < -0.39 is 10.8 Å². The van der Waals surface area contributed by atoms with Crippen LogP contribution in [-0.4, -0.2) is 28.9 Å². The first-order valence-corrected chi connectivity index (χ1v) is 11.7. The fourth-order valence-electron chi connectivity index (χ4n) is 4.41. The van der Waals surface area contributed by atoms with E-state index in [1.165, 1.54) is 6.07 Å². The first kappa shape index (κ1) is 22.6. The van der Waals surface area contributed by atoms with Crippen LogP contribution in [0.4, 0.5) is 17.1 Å². The molecule has 2 heterocycles. The number of amides is 1. The van der Waals surface area contributed by atoms with Gasteiger partial charge in [0.2, 0.25) is 0 Å². The van der Waals surface area contributed by atoms with Gasteiger partial charge in [-0.25, -0.2) is 4.98 Å². The number of rotatable bonds is 6. The minimum atomic E-state index is -0.412. The lowest BCUT2D eigenvalue weighted by Gasteiger charge is -2.31. The number of nitro benzene ring substituents is 1. The molecule has 0 spiro atoms. The van der Waals surface area contributed by atoms with Crippen molar-refractivity contribution < 1.29 is 14.1 Å². The predicted molar refractivity (Wildman–Crippen MR) is 135 cm³/mol. The second kappa shape index (κ2) is 9.58. The van der Waals surface area contributed by atoms with Gasteiger partial charge in [0.15, 0.2) is 11.5 Å². The number of nitro groups is 1. The van der Waals surface area contributed by atoms with Crippen molar-refractivity contribution in [2.75, 3.05) is 23.3 Å². The van der Waals surface area contributed by atoms with E-state index in [0.29, 0.717) is 29.6 Å². The fraction of sp³-hybridized carbons (Fsp3) is 0.259. The van der Waals surface area contributed by atoms with Crippen molar-refractivity contribution in [2.45, 2.75) is 26.2 Å². The van der Waals surface area contributed by atoms with Crippen LogP contribution in [0.15, 0.2) is 71.1 Å². The molecule has 0 unspecified atom stereocenters. The lowest BCUT2D eigenvalue weighted by Crippen LogP contribution is -2.33. The van der Waals surface area contributed by atoms with E-state index in [0.717, 1.165) is 42.6 Å².